The molecule has 0 radical (unpaired) electrons. The highest BCUT2D eigenvalue weighted by Crippen LogP contribution is 2.25. The van der Waals surface area contributed by atoms with Gasteiger partial charge in [0.05, 0.1) is 6.61 Å². The molecule has 1 fully saturated rings. The van der Waals surface area contributed by atoms with E-state index >= 15 is 0 Å². The molecule has 2 aromatic rings. The third kappa shape index (κ3) is 7.30. The molecule has 2 atom stereocenters. The van der Waals surface area contributed by atoms with Crippen LogP contribution in [0.15, 0.2) is 48.5 Å². The predicted molar refractivity (Wildman–Crippen MR) is 123 cm³/mol. The predicted octanol–water partition coefficient (Wildman–Crippen LogP) is 5.07. The van der Waals surface area contributed by atoms with E-state index in [-0.39, 0.29) is 24.1 Å². The minimum absolute atomic E-state index is 0.0772. The van der Waals surface area contributed by atoms with Gasteiger partial charge in [0.15, 0.2) is 0 Å². The van der Waals surface area contributed by atoms with E-state index in [0.717, 1.165) is 23.4 Å². The number of hydrogen-bond donors (Lipinski definition) is 0. The summed E-state index contributed by atoms with van der Waals surface area (Å²) in [7, 11) is 1.90. The second-order valence-corrected chi connectivity index (χ2v) is 9.26. The van der Waals surface area contributed by atoms with Gasteiger partial charge in [-0.3, -0.25) is 4.79 Å². The number of rotatable bonds is 9. The SMILES string of the molecule is CC(C)COc1ccc(CN(Cc2ccc(F)cc2)C(=O)CC2CCN(C)CC2F)cc1. The Kier molecular flexibility index (Phi) is 8.62. The maximum atomic E-state index is 14.5. The van der Waals surface area contributed by atoms with Crippen LogP contribution in [0.4, 0.5) is 8.78 Å². The maximum Gasteiger partial charge on any atom is 0.223 e. The van der Waals surface area contributed by atoms with Crippen LogP contribution in [0.5, 0.6) is 5.75 Å². The van der Waals surface area contributed by atoms with Crippen molar-refractivity contribution in [3.05, 3.63) is 65.5 Å². The topological polar surface area (TPSA) is 32.8 Å². The Morgan fingerprint density at radius 2 is 1.69 bits per heavy atom. The third-order valence-corrected chi connectivity index (χ3v) is 5.84. The highest BCUT2D eigenvalue weighted by atomic mass is 19.1. The van der Waals surface area contributed by atoms with Gasteiger partial charge >= 0.3 is 0 Å². The lowest BCUT2D eigenvalue weighted by Gasteiger charge is -2.33. The minimum Gasteiger partial charge on any atom is -0.493 e. The van der Waals surface area contributed by atoms with Crippen molar-refractivity contribution in [3.63, 3.8) is 0 Å². The van der Waals surface area contributed by atoms with Gasteiger partial charge in [-0.1, -0.05) is 38.1 Å². The number of halogens is 2. The Bertz CT molecular complexity index is 855. The first-order chi connectivity index (χ1) is 15.3. The summed E-state index contributed by atoms with van der Waals surface area (Å²) in [5, 5.41) is 0. The number of carbonyl (C=O) groups is 1. The molecule has 0 aliphatic carbocycles. The summed E-state index contributed by atoms with van der Waals surface area (Å²) in [6.07, 6.45) is -0.135. The highest BCUT2D eigenvalue weighted by Gasteiger charge is 2.30. The number of alkyl halides is 1. The van der Waals surface area contributed by atoms with Crippen LogP contribution in [0.1, 0.15) is 37.8 Å². The molecule has 1 amide bonds. The molecular weight excluding hydrogens is 410 g/mol. The van der Waals surface area contributed by atoms with Gasteiger partial charge in [0, 0.05) is 32.0 Å². The Morgan fingerprint density at radius 3 is 2.25 bits per heavy atom. The van der Waals surface area contributed by atoms with Crippen molar-refractivity contribution in [2.45, 2.75) is 46.0 Å². The van der Waals surface area contributed by atoms with Crippen molar-refractivity contribution in [3.8, 4) is 5.75 Å². The van der Waals surface area contributed by atoms with Gasteiger partial charge in [-0.25, -0.2) is 8.78 Å². The molecule has 0 bridgehead atoms. The molecule has 6 heteroatoms. The number of carbonyl (C=O) groups excluding carboxylic acids is 1. The van der Waals surface area contributed by atoms with Crippen LogP contribution >= 0.6 is 0 Å². The molecule has 3 rings (SSSR count). The molecule has 4 nitrogen and oxygen atoms in total. The number of likely N-dealkylation sites (tertiary alicyclic amines) is 1. The third-order valence-electron chi connectivity index (χ3n) is 5.84. The lowest BCUT2D eigenvalue weighted by Crippen LogP contribution is -2.42. The number of nitrogens with zero attached hydrogens (tertiary/aromatic N) is 2. The number of amides is 1. The molecule has 2 aromatic carbocycles. The molecule has 0 saturated carbocycles. The van der Waals surface area contributed by atoms with Crippen LogP contribution in [0.2, 0.25) is 0 Å². The van der Waals surface area contributed by atoms with Gasteiger partial charge in [-0.15, -0.1) is 0 Å². The first kappa shape index (κ1) is 24.2. The highest BCUT2D eigenvalue weighted by molar-refractivity contribution is 5.76. The lowest BCUT2D eigenvalue weighted by molar-refractivity contribution is -0.134. The molecule has 0 aromatic heterocycles. The Morgan fingerprint density at radius 1 is 1.09 bits per heavy atom. The van der Waals surface area contributed by atoms with Crippen molar-refractivity contribution >= 4 is 5.91 Å². The summed E-state index contributed by atoms with van der Waals surface area (Å²) in [4.78, 5) is 16.9. The van der Waals surface area contributed by atoms with Crippen molar-refractivity contribution in [2.75, 3.05) is 26.7 Å². The first-order valence-corrected chi connectivity index (χ1v) is 11.4. The van der Waals surface area contributed by atoms with E-state index in [2.05, 4.69) is 13.8 Å². The van der Waals surface area contributed by atoms with E-state index < -0.39 is 6.17 Å². The van der Waals surface area contributed by atoms with E-state index in [4.69, 9.17) is 4.74 Å². The second-order valence-electron chi connectivity index (χ2n) is 9.26. The smallest absolute Gasteiger partial charge is 0.223 e. The quantitative estimate of drug-likeness (QED) is 0.541. The molecule has 1 aliphatic rings. The summed E-state index contributed by atoms with van der Waals surface area (Å²) in [6.45, 7) is 6.77. The van der Waals surface area contributed by atoms with E-state index in [0.29, 0.717) is 38.6 Å². The van der Waals surface area contributed by atoms with Crippen molar-refractivity contribution in [1.82, 2.24) is 9.80 Å². The van der Waals surface area contributed by atoms with Crippen molar-refractivity contribution in [1.29, 1.82) is 0 Å². The fraction of sp³-hybridized carbons (Fsp3) is 0.500. The van der Waals surface area contributed by atoms with E-state index in [1.165, 1.54) is 12.1 Å². The summed E-state index contributed by atoms with van der Waals surface area (Å²) >= 11 is 0. The molecular formula is C26H34F2N2O2. The summed E-state index contributed by atoms with van der Waals surface area (Å²) < 4.78 is 33.6. The van der Waals surface area contributed by atoms with Gasteiger partial charge in [-0.2, -0.15) is 0 Å². The van der Waals surface area contributed by atoms with Crippen LogP contribution < -0.4 is 4.74 Å². The van der Waals surface area contributed by atoms with Crippen LogP contribution in [-0.2, 0) is 17.9 Å². The number of piperidine rings is 1. The van der Waals surface area contributed by atoms with Gasteiger partial charge in [0.2, 0.25) is 5.91 Å². The molecule has 1 saturated heterocycles. The maximum absolute atomic E-state index is 14.5. The van der Waals surface area contributed by atoms with E-state index in [1.54, 1.807) is 17.0 Å². The van der Waals surface area contributed by atoms with Gasteiger partial charge in [0.25, 0.3) is 0 Å². The van der Waals surface area contributed by atoms with Gasteiger partial charge < -0.3 is 14.5 Å². The largest absolute Gasteiger partial charge is 0.493 e. The Balaban J connectivity index is 1.70. The fourth-order valence-corrected chi connectivity index (χ4v) is 3.91. The summed E-state index contributed by atoms with van der Waals surface area (Å²) in [6, 6.07) is 13.9. The molecule has 2 unspecified atom stereocenters. The second kappa shape index (κ2) is 11.4. The normalized spacial score (nSPS) is 19.2. The van der Waals surface area contributed by atoms with E-state index in [1.807, 2.05) is 36.2 Å². The molecule has 0 N–H and O–H groups in total. The molecule has 174 valence electrons. The number of ether oxygens (including phenoxy) is 1. The fourth-order valence-electron chi connectivity index (χ4n) is 3.91. The van der Waals surface area contributed by atoms with Gasteiger partial charge in [0.1, 0.15) is 17.7 Å². The molecule has 32 heavy (non-hydrogen) atoms. The van der Waals surface area contributed by atoms with Crippen molar-refractivity contribution in [2.24, 2.45) is 11.8 Å². The standard InChI is InChI=1S/C26H34F2N2O2/c1-19(2)18-32-24-10-6-21(7-11-24)16-30(15-20-4-8-23(27)9-5-20)26(31)14-22-12-13-29(3)17-25(22)28/h4-11,19,22,25H,12-18H2,1-3H3. The lowest BCUT2D eigenvalue weighted by atomic mass is 9.91. The number of benzene rings is 2. The molecule has 1 heterocycles. The van der Waals surface area contributed by atoms with Crippen LogP contribution in [0.25, 0.3) is 0 Å². The monoisotopic (exact) mass is 444 g/mol. The van der Waals surface area contributed by atoms with Crippen molar-refractivity contribution < 1.29 is 18.3 Å². The van der Waals surface area contributed by atoms with Crippen LogP contribution in [0.3, 0.4) is 0 Å². The summed E-state index contributed by atoms with van der Waals surface area (Å²) in [5.41, 5.74) is 1.81. The van der Waals surface area contributed by atoms with Crippen LogP contribution in [0, 0.1) is 17.7 Å². The average molecular weight is 445 g/mol. The Labute approximate surface area is 190 Å². The number of hydrogen-bond acceptors (Lipinski definition) is 3. The zero-order chi connectivity index (χ0) is 23.1. The Hall–Kier alpha value is -2.47. The van der Waals surface area contributed by atoms with Crippen LogP contribution in [-0.4, -0.2) is 48.6 Å². The molecule has 1 aliphatic heterocycles. The van der Waals surface area contributed by atoms with E-state index in [9.17, 15) is 13.6 Å². The zero-order valence-electron chi connectivity index (χ0n) is 19.3. The average Bonchev–Trinajstić information content (AvgIpc) is 2.76. The van der Waals surface area contributed by atoms with Gasteiger partial charge in [-0.05, 0) is 61.3 Å². The summed E-state index contributed by atoms with van der Waals surface area (Å²) in [5.74, 6) is 0.589. The minimum atomic E-state index is -0.997. The molecule has 0 spiro atoms. The first-order valence-electron chi connectivity index (χ1n) is 11.4. The zero-order valence-corrected chi connectivity index (χ0v) is 19.3.